The van der Waals surface area contributed by atoms with Gasteiger partial charge in [-0.2, -0.15) is 0 Å². The molecule has 0 amide bonds. The van der Waals surface area contributed by atoms with Gasteiger partial charge in [0, 0.05) is 41.1 Å². The molecule has 2 heterocycles. The van der Waals surface area contributed by atoms with Crippen molar-refractivity contribution in [2.45, 2.75) is 39.2 Å². The summed E-state index contributed by atoms with van der Waals surface area (Å²) in [6.45, 7) is 9.86. The van der Waals surface area contributed by atoms with E-state index in [-0.39, 0.29) is 5.54 Å². The molecule has 5 heteroatoms. The quantitative estimate of drug-likeness (QED) is 0.827. The highest BCUT2D eigenvalue weighted by atomic mass is 127. The topological polar surface area (TPSA) is 41.0 Å². The van der Waals surface area contributed by atoms with Crippen molar-refractivity contribution < 1.29 is 0 Å². The molecule has 1 atom stereocenters. The fourth-order valence-electron chi connectivity index (χ4n) is 2.33. The second-order valence-electron chi connectivity index (χ2n) is 6.29. The molecule has 1 N–H and O–H groups in total. The lowest BCUT2D eigenvalue weighted by molar-refractivity contribution is 0.334. The van der Waals surface area contributed by atoms with Gasteiger partial charge in [0.2, 0.25) is 5.95 Å². The average molecular weight is 374 g/mol. The third-order valence-corrected chi connectivity index (χ3v) is 3.89. The Bertz CT molecular complexity index is 399. The largest absolute Gasteiger partial charge is 0.341 e. The van der Waals surface area contributed by atoms with Crippen LogP contribution in [0.3, 0.4) is 0 Å². The Hall–Kier alpha value is -0.430. The molecule has 1 fully saturated rings. The highest BCUT2D eigenvalue weighted by Gasteiger charge is 2.22. The molecule has 1 aromatic rings. The minimum atomic E-state index is 0.196. The van der Waals surface area contributed by atoms with Gasteiger partial charge >= 0.3 is 0 Å². The molecule has 1 saturated heterocycles. The number of nitrogens with one attached hydrogen (secondary N) is 1. The van der Waals surface area contributed by atoms with Crippen LogP contribution in [0.25, 0.3) is 0 Å². The van der Waals surface area contributed by atoms with E-state index in [4.69, 9.17) is 0 Å². The summed E-state index contributed by atoms with van der Waals surface area (Å²) in [7, 11) is 0. The van der Waals surface area contributed by atoms with Crippen LogP contribution in [0.15, 0.2) is 12.4 Å². The average Bonchev–Trinajstić information content (AvgIpc) is 2.37. The summed E-state index contributed by atoms with van der Waals surface area (Å²) in [5.41, 5.74) is 0.196. The summed E-state index contributed by atoms with van der Waals surface area (Å²) in [5, 5.41) is 3.60. The Balaban J connectivity index is 1.91. The van der Waals surface area contributed by atoms with Crippen LogP contribution in [0.5, 0.6) is 0 Å². The second-order valence-corrected chi connectivity index (χ2v) is 7.53. The van der Waals surface area contributed by atoms with Crippen LogP contribution in [0.1, 0.15) is 33.6 Å². The van der Waals surface area contributed by atoms with Gasteiger partial charge in [-0.15, -0.1) is 0 Å². The first-order chi connectivity index (χ1) is 8.94. The first-order valence-corrected chi connectivity index (χ1v) is 7.99. The zero-order valence-corrected chi connectivity index (χ0v) is 14.1. The highest BCUT2D eigenvalue weighted by Crippen LogP contribution is 2.20. The van der Waals surface area contributed by atoms with E-state index in [2.05, 4.69) is 63.5 Å². The first-order valence-electron chi connectivity index (χ1n) is 6.91. The van der Waals surface area contributed by atoms with Gasteiger partial charge in [0.1, 0.15) is 0 Å². The number of anilines is 1. The molecule has 19 heavy (non-hydrogen) atoms. The van der Waals surface area contributed by atoms with E-state index in [9.17, 15) is 0 Å². The van der Waals surface area contributed by atoms with Crippen molar-refractivity contribution in [2.75, 3.05) is 24.5 Å². The molecule has 0 aliphatic carbocycles. The van der Waals surface area contributed by atoms with Crippen LogP contribution in [-0.4, -0.2) is 35.1 Å². The molecule has 0 bridgehead atoms. The molecule has 4 nitrogen and oxygen atoms in total. The molecule has 1 unspecified atom stereocenters. The maximum absolute atomic E-state index is 4.43. The number of nitrogens with zero attached hydrogens (tertiary/aromatic N) is 3. The molecule has 2 rings (SSSR count). The predicted molar refractivity (Wildman–Crippen MR) is 87.4 cm³/mol. The lowest BCUT2D eigenvalue weighted by Gasteiger charge is -2.34. The maximum atomic E-state index is 4.43. The lowest BCUT2D eigenvalue weighted by Crippen LogP contribution is -2.45. The Morgan fingerprint density at radius 3 is 2.68 bits per heavy atom. The van der Waals surface area contributed by atoms with Crippen molar-refractivity contribution in [3.8, 4) is 0 Å². The molecule has 1 aliphatic heterocycles. The molecular formula is C14H23IN4. The molecule has 1 aromatic heterocycles. The van der Waals surface area contributed by atoms with Gasteiger partial charge in [0.05, 0.1) is 0 Å². The Labute approximate surface area is 129 Å². The van der Waals surface area contributed by atoms with E-state index >= 15 is 0 Å². The fraction of sp³-hybridized carbons (Fsp3) is 0.714. The van der Waals surface area contributed by atoms with Crippen molar-refractivity contribution in [3.05, 3.63) is 16.0 Å². The molecule has 0 radical (unpaired) electrons. The molecular weight excluding hydrogens is 351 g/mol. The van der Waals surface area contributed by atoms with Crippen LogP contribution in [-0.2, 0) is 0 Å². The Morgan fingerprint density at radius 1 is 1.37 bits per heavy atom. The number of hydrogen-bond donors (Lipinski definition) is 1. The number of piperidine rings is 1. The van der Waals surface area contributed by atoms with Crippen molar-refractivity contribution in [3.63, 3.8) is 0 Å². The van der Waals surface area contributed by atoms with Crippen LogP contribution in [0.2, 0.25) is 0 Å². The van der Waals surface area contributed by atoms with E-state index in [1.807, 2.05) is 12.4 Å². The van der Waals surface area contributed by atoms with Gasteiger partial charge in [-0.1, -0.05) is 0 Å². The molecule has 0 aromatic carbocycles. The summed E-state index contributed by atoms with van der Waals surface area (Å²) < 4.78 is 1.09. The summed E-state index contributed by atoms with van der Waals surface area (Å²) in [4.78, 5) is 11.2. The van der Waals surface area contributed by atoms with Crippen LogP contribution < -0.4 is 10.2 Å². The maximum Gasteiger partial charge on any atom is 0.225 e. The van der Waals surface area contributed by atoms with Crippen molar-refractivity contribution >= 4 is 28.5 Å². The standard InChI is InChI=1S/C14H23IN4/c1-14(2,3)18-7-11-5-4-6-19(10-11)13-16-8-12(15)9-17-13/h8-9,11,18H,4-7,10H2,1-3H3. The smallest absolute Gasteiger partial charge is 0.225 e. The van der Waals surface area contributed by atoms with E-state index in [0.29, 0.717) is 5.92 Å². The minimum Gasteiger partial charge on any atom is -0.341 e. The molecule has 1 aliphatic rings. The minimum absolute atomic E-state index is 0.196. The molecule has 0 spiro atoms. The van der Waals surface area contributed by atoms with Crippen molar-refractivity contribution in [2.24, 2.45) is 5.92 Å². The zero-order valence-electron chi connectivity index (χ0n) is 12.0. The number of rotatable bonds is 3. The summed E-state index contributed by atoms with van der Waals surface area (Å²) in [6, 6.07) is 0. The normalized spacial score (nSPS) is 20.6. The van der Waals surface area contributed by atoms with E-state index < -0.39 is 0 Å². The first kappa shape index (κ1) is 15.0. The lowest BCUT2D eigenvalue weighted by atomic mass is 9.97. The van der Waals surface area contributed by atoms with Gasteiger partial charge in [-0.05, 0) is 62.1 Å². The summed E-state index contributed by atoms with van der Waals surface area (Å²) in [5.74, 6) is 1.57. The van der Waals surface area contributed by atoms with Gasteiger partial charge in [0.25, 0.3) is 0 Å². The van der Waals surface area contributed by atoms with E-state index in [1.165, 1.54) is 12.8 Å². The van der Waals surface area contributed by atoms with Gasteiger partial charge < -0.3 is 10.2 Å². The van der Waals surface area contributed by atoms with Crippen LogP contribution in [0.4, 0.5) is 5.95 Å². The van der Waals surface area contributed by atoms with Gasteiger partial charge in [0.15, 0.2) is 0 Å². The number of hydrogen-bond acceptors (Lipinski definition) is 4. The third-order valence-electron chi connectivity index (χ3n) is 3.33. The monoisotopic (exact) mass is 374 g/mol. The SMILES string of the molecule is CC(C)(C)NCC1CCCN(c2ncc(I)cn2)C1. The summed E-state index contributed by atoms with van der Waals surface area (Å²) >= 11 is 2.24. The zero-order chi connectivity index (χ0) is 13.9. The van der Waals surface area contributed by atoms with Gasteiger partial charge in [-0.25, -0.2) is 9.97 Å². The Morgan fingerprint density at radius 2 is 2.05 bits per heavy atom. The highest BCUT2D eigenvalue weighted by molar-refractivity contribution is 14.1. The predicted octanol–water partition coefficient (Wildman–Crippen LogP) is 2.69. The van der Waals surface area contributed by atoms with Crippen molar-refractivity contribution in [1.29, 1.82) is 0 Å². The third kappa shape index (κ3) is 4.87. The van der Waals surface area contributed by atoms with Gasteiger partial charge in [-0.3, -0.25) is 0 Å². The molecule has 0 saturated carbocycles. The molecule has 106 valence electrons. The van der Waals surface area contributed by atoms with E-state index in [0.717, 1.165) is 29.2 Å². The number of halogens is 1. The Kier molecular flexibility index (Phi) is 5.00. The van der Waals surface area contributed by atoms with Crippen LogP contribution in [0, 0.1) is 9.49 Å². The van der Waals surface area contributed by atoms with E-state index in [1.54, 1.807) is 0 Å². The number of aromatic nitrogens is 2. The second kappa shape index (κ2) is 6.35. The fourth-order valence-corrected chi connectivity index (χ4v) is 2.61. The van der Waals surface area contributed by atoms with Crippen molar-refractivity contribution in [1.82, 2.24) is 15.3 Å². The summed E-state index contributed by atoms with van der Waals surface area (Å²) in [6.07, 6.45) is 6.30. The van der Waals surface area contributed by atoms with Crippen LogP contribution >= 0.6 is 22.6 Å².